The van der Waals surface area contributed by atoms with Crippen molar-refractivity contribution in [2.75, 3.05) is 37.1 Å². The van der Waals surface area contributed by atoms with Crippen molar-refractivity contribution in [2.24, 2.45) is 0 Å². The Morgan fingerprint density at radius 1 is 0.875 bits per heavy atom. The number of sulfonamides is 2. The van der Waals surface area contributed by atoms with Crippen LogP contribution in [0.25, 0.3) is 0 Å². The Hall–Kier alpha value is -3.12. The first-order valence-electron chi connectivity index (χ1n) is 12.9. The third kappa shape index (κ3) is 7.34. The average Bonchev–Trinajstić information content (AvgIpc) is 2.95. The minimum Gasteiger partial charge on any atom is -0.492 e. The molecule has 0 unspecified atom stereocenters. The number of anilines is 1. The zero-order chi connectivity index (χ0) is 28.8. The molecule has 1 N–H and O–H groups in total. The Balaban J connectivity index is 1.35. The van der Waals surface area contributed by atoms with Gasteiger partial charge in [-0.15, -0.1) is 0 Å². The maximum absolute atomic E-state index is 13.4. The van der Waals surface area contributed by atoms with Gasteiger partial charge in [0.05, 0.1) is 22.0 Å². The highest BCUT2D eigenvalue weighted by Gasteiger charge is 2.28. The summed E-state index contributed by atoms with van der Waals surface area (Å²) in [4.78, 5) is 13.1. The number of hydrogen-bond acceptors (Lipinski definition) is 6. The summed E-state index contributed by atoms with van der Waals surface area (Å²) in [5.41, 5.74) is 1.21. The van der Waals surface area contributed by atoms with Crippen LogP contribution in [-0.2, 0) is 24.8 Å². The van der Waals surface area contributed by atoms with E-state index in [4.69, 9.17) is 16.3 Å². The molecule has 0 aliphatic carbocycles. The molecule has 0 atom stereocenters. The van der Waals surface area contributed by atoms with Crippen molar-refractivity contribution in [3.8, 4) is 5.75 Å². The molecule has 9 nitrogen and oxygen atoms in total. The van der Waals surface area contributed by atoms with Crippen LogP contribution >= 0.6 is 11.6 Å². The molecule has 1 saturated heterocycles. The normalized spacial score (nSPS) is 14.4. The van der Waals surface area contributed by atoms with Gasteiger partial charge in [-0.2, -0.15) is 4.31 Å². The number of hydrogen-bond donors (Lipinski definition) is 1. The van der Waals surface area contributed by atoms with Crippen LogP contribution in [0.5, 0.6) is 5.75 Å². The summed E-state index contributed by atoms with van der Waals surface area (Å²) < 4.78 is 60.6. The van der Waals surface area contributed by atoms with Gasteiger partial charge in [-0.1, -0.05) is 35.7 Å². The minimum absolute atomic E-state index is 0.0648. The van der Waals surface area contributed by atoms with Gasteiger partial charge >= 0.3 is 0 Å². The quantitative estimate of drug-likeness (QED) is 0.328. The lowest BCUT2D eigenvalue weighted by Crippen LogP contribution is -2.41. The third-order valence-corrected chi connectivity index (χ3v) is 10.4. The molecule has 214 valence electrons. The van der Waals surface area contributed by atoms with E-state index < -0.39 is 32.5 Å². The lowest BCUT2D eigenvalue weighted by molar-refractivity contribution is -0.119. The van der Waals surface area contributed by atoms with E-state index in [1.54, 1.807) is 48.5 Å². The number of amides is 1. The predicted molar refractivity (Wildman–Crippen MR) is 155 cm³/mol. The first-order valence-corrected chi connectivity index (χ1v) is 16.2. The number of ether oxygens (including phenoxy) is 1. The molecule has 0 radical (unpaired) electrons. The summed E-state index contributed by atoms with van der Waals surface area (Å²) in [5, 5.41) is 3.12. The fourth-order valence-corrected chi connectivity index (χ4v) is 7.33. The maximum Gasteiger partial charge on any atom is 0.264 e. The molecule has 0 saturated carbocycles. The van der Waals surface area contributed by atoms with E-state index in [1.165, 1.54) is 28.6 Å². The number of nitrogens with one attached hydrogen (secondary N) is 1. The number of piperidine rings is 1. The second-order valence-electron chi connectivity index (χ2n) is 9.44. The lowest BCUT2D eigenvalue weighted by Gasteiger charge is -2.25. The lowest BCUT2D eigenvalue weighted by atomic mass is 10.2. The average molecular weight is 606 g/mol. The molecule has 12 heteroatoms. The zero-order valence-electron chi connectivity index (χ0n) is 22.1. The summed E-state index contributed by atoms with van der Waals surface area (Å²) in [6.45, 7) is 2.70. The van der Waals surface area contributed by atoms with E-state index in [0.717, 1.165) is 29.1 Å². The highest BCUT2D eigenvalue weighted by molar-refractivity contribution is 7.92. The second kappa shape index (κ2) is 13.0. The number of carbonyl (C=O) groups excluding carboxylic acids is 1. The van der Waals surface area contributed by atoms with Gasteiger partial charge in [0.15, 0.2) is 0 Å². The number of carbonyl (C=O) groups is 1. The number of halogens is 1. The van der Waals surface area contributed by atoms with Crippen molar-refractivity contribution >= 4 is 43.2 Å². The van der Waals surface area contributed by atoms with Crippen LogP contribution in [0.4, 0.5) is 5.69 Å². The van der Waals surface area contributed by atoms with E-state index >= 15 is 0 Å². The van der Waals surface area contributed by atoms with Gasteiger partial charge in [-0.3, -0.25) is 9.10 Å². The molecule has 1 aliphatic rings. The number of nitrogens with zero attached hydrogens (tertiary/aromatic N) is 2. The fourth-order valence-electron chi connectivity index (χ4n) is 4.27. The third-order valence-electron chi connectivity index (χ3n) is 6.48. The maximum atomic E-state index is 13.4. The van der Waals surface area contributed by atoms with Gasteiger partial charge in [0, 0.05) is 18.1 Å². The topological polar surface area (TPSA) is 113 Å². The first kappa shape index (κ1) is 29.9. The Bertz CT molecular complexity index is 1510. The molecule has 1 amide bonds. The smallest absolute Gasteiger partial charge is 0.264 e. The summed E-state index contributed by atoms with van der Waals surface area (Å²) in [6.07, 6.45) is 2.76. The molecule has 1 fully saturated rings. The Morgan fingerprint density at radius 3 is 2.10 bits per heavy atom. The Labute approximate surface area is 240 Å². The monoisotopic (exact) mass is 605 g/mol. The molecular formula is C28H32ClN3O6S2. The van der Waals surface area contributed by atoms with Crippen LogP contribution in [0.1, 0.15) is 24.8 Å². The largest absolute Gasteiger partial charge is 0.492 e. The summed E-state index contributed by atoms with van der Waals surface area (Å²) in [7, 11) is -7.56. The molecule has 4 rings (SSSR count). The van der Waals surface area contributed by atoms with Crippen LogP contribution in [0.15, 0.2) is 82.6 Å². The van der Waals surface area contributed by atoms with Crippen molar-refractivity contribution < 1.29 is 26.4 Å². The van der Waals surface area contributed by atoms with Gasteiger partial charge in [-0.25, -0.2) is 16.8 Å². The van der Waals surface area contributed by atoms with Crippen LogP contribution in [0.2, 0.25) is 5.02 Å². The van der Waals surface area contributed by atoms with Gasteiger partial charge in [0.25, 0.3) is 10.0 Å². The highest BCUT2D eigenvalue weighted by atomic mass is 35.5. The molecule has 3 aromatic rings. The number of rotatable bonds is 11. The van der Waals surface area contributed by atoms with Gasteiger partial charge < -0.3 is 10.1 Å². The van der Waals surface area contributed by atoms with Gasteiger partial charge in [0.2, 0.25) is 15.9 Å². The predicted octanol–water partition coefficient (Wildman–Crippen LogP) is 4.21. The SMILES string of the molecule is Cc1ccc(S(=O)(=O)N(CC(=O)NCCOc2ccc(S(=O)(=O)N3CCCCC3)cc2)c2ccc(Cl)cc2)cc1. The number of benzene rings is 3. The van der Waals surface area contributed by atoms with E-state index in [-0.39, 0.29) is 22.9 Å². The fraction of sp³-hybridized carbons (Fsp3) is 0.321. The summed E-state index contributed by atoms with van der Waals surface area (Å²) in [5.74, 6) is -0.0613. The molecule has 0 spiro atoms. The van der Waals surface area contributed by atoms with E-state index in [2.05, 4.69) is 5.32 Å². The summed E-state index contributed by atoms with van der Waals surface area (Å²) in [6, 6.07) is 18.8. The van der Waals surface area contributed by atoms with Crippen LogP contribution < -0.4 is 14.4 Å². The highest BCUT2D eigenvalue weighted by Crippen LogP contribution is 2.26. The van der Waals surface area contributed by atoms with Crippen LogP contribution in [-0.4, -0.2) is 59.8 Å². The van der Waals surface area contributed by atoms with Crippen molar-refractivity contribution in [1.82, 2.24) is 9.62 Å². The minimum atomic E-state index is -4.03. The van der Waals surface area contributed by atoms with Crippen molar-refractivity contribution in [2.45, 2.75) is 36.0 Å². The van der Waals surface area contributed by atoms with Gasteiger partial charge in [0.1, 0.15) is 18.9 Å². The van der Waals surface area contributed by atoms with E-state index in [0.29, 0.717) is 29.5 Å². The van der Waals surface area contributed by atoms with Gasteiger partial charge in [-0.05, 0) is 80.4 Å². The standard InChI is InChI=1S/C28H32ClN3O6S2/c1-22-5-13-27(14-6-22)40(36,37)32(24-9-7-23(29)8-10-24)21-28(33)30-17-20-38-25-11-15-26(16-12-25)39(34,35)31-18-3-2-4-19-31/h5-16H,2-4,17-21H2,1H3,(H,30,33). The molecule has 3 aromatic carbocycles. The van der Waals surface area contributed by atoms with E-state index in [1.807, 2.05) is 6.92 Å². The first-order chi connectivity index (χ1) is 19.1. The number of aryl methyl sites for hydroxylation is 1. The Kier molecular flexibility index (Phi) is 9.72. The molecule has 1 aliphatic heterocycles. The zero-order valence-corrected chi connectivity index (χ0v) is 24.5. The molecule has 1 heterocycles. The van der Waals surface area contributed by atoms with Crippen molar-refractivity contribution in [3.05, 3.63) is 83.4 Å². The Morgan fingerprint density at radius 2 is 1.48 bits per heavy atom. The summed E-state index contributed by atoms with van der Waals surface area (Å²) >= 11 is 5.98. The van der Waals surface area contributed by atoms with Crippen molar-refractivity contribution in [3.63, 3.8) is 0 Å². The molecule has 0 bridgehead atoms. The van der Waals surface area contributed by atoms with Crippen LogP contribution in [0, 0.1) is 6.92 Å². The molecule has 0 aromatic heterocycles. The molecular weight excluding hydrogens is 574 g/mol. The van der Waals surface area contributed by atoms with Crippen molar-refractivity contribution in [1.29, 1.82) is 0 Å². The molecule has 40 heavy (non-hydrogen) atoms. The van der Waals surface area contributed by atoms with Crippen LogP contribution in [0.3, 0.4) is 0 Å². The second-order valence-corrected chi connectivity index (χ2v) is 13.7. The van der Waals surface area contributed by atoms with E-state index in [9.17, 15) is 21.6 Å².